The van der Waals surface area contributed by atoms with E-state index in [-0.39, 0.29) is 6.08 Å². The van der Waals surface area contributed by atoms with Crippen LogP contribution < -0.4 is 0 Å². The molecule has 0 bridgehead atoms. The van der Waals surface area contributed by atoms with Gasteiger partial charge in [0.05, 0.1) is 5.57 Å². The Kier molecular flexibility index (Phi) is 2.90. The predicted molar refractivity (Wildman–Crippen MR) is 42.8 cm³/mol. The Morgan fingerprint density at radius 3 is 2.62 bits per heavy atom. The van der Waals surface area contributed by atoms with Crippen molar-refractivity contribution in [1.29, 1.82) is 0 Å². The van der Waals surface area contributed by atoms with Crippen LogP contribution in [-0.4, -0.2) is 23.0 Å². The SMILES string of the molecule is [N-]=[N+]=NC1(F)C(F)=CC(C(=O)O)=C(F)C1F. The second-order valence-electron chi connectivity index (χ2n) is 2.78. The number of carboxylic acid groups (broad SMARTS) is 1. The smallest absolute Gasteiger partial charge is 0.338 e. The first-order valence-electron chi connectivity index (χ1n) is 3.74. The zero-order chi connectivity index (χ0) is 12.5. The summed E-state index contributed by atoms with van der Waals surface area (Å²) in [6, 6.07) is 0. The lowest BCUT2D eigenvalue weighted by Gasteiger charge is -2.25. The number of alkyl halides is 2. The summed E-state index contributed by atoms with van der Waals surface area (Å²) in [5.74, 6) is -9.88. The summed E-state index contributed by atoms with van der Waals surface area (Å²) >= 11 is 0. The van der Waals surface area contributed by atoms with E-state index in [0.717, 1.165) is 0 Å². The molecule has 9 heteroatoms. The lowest BCUT2D eigenvalue weighted by molar-refractivity contribution is -0.132. The third kappa shape index (κ3) is 1.61. The van der Waals surface area contributed by atoms with E-state index in [1.54, 1.807) is 0 Å². The molecule has 1 aliphatic carbocycles. The maximum atomic E-state index is 13.3. The number of hydrogen-bond donors (Lipinski definition) is 1. The van der Waals surface area contributed by atoms with Gasteiger partial charge in [0, 0.05) is 4.91 Å². The summed E-state index contributed by atoms with van der Waals surface area (Å²) < 4.78 is 52.3. The van der Waals surface area contributed by atoms with E-state index in [1.807, 2.05) is 4.91 Å². The highest BCUT2D eigenvalue weighted by atomic mass is 19.2. The van der Waals surface area contributed by atoms with Gasteiger partial charge >= 0.3 is 5.97 Å². The lowest BCUT2D eigenvalue weighted by Crippen LogP contribution is -2.37. The minimum atomic E-state index is -3.88. The van der Waals surface area contributed by atoms with Gasteiger partial charge in [-0.15, -0.1) is 0 Å². The van der Waals surface area contributed by atoms with Crippen LogP contribution >= 0.6 is 0 Å². The third-order valence-electron chi connectivity index (χ3n) is 1.84. The first kappa shape index (κ1) is 12.1. The van der Waals surface area contributed by atoms with E-state index in [1.165, 1.54) is 0 Å². The lowest BCUT2D eigenvalue weighted by atomic mass is 9.97. The Balaban J connectivity index is 3.37. The molecule has 0 spiro atoms. The van der Waals surface area contributed by atoms with Crippen molar-refractivity contribution in [2.45, 2.75) is 12.0 Å². The molecule has 1 N–H and O–H groups in total. The van der Waals surface area contributed by atoms with Gasteiger partial charge in [0.15, 0.2) is 12.0 Å². The largest absolute Gasteiger partial charge is 0.478 e. The van der Waals surface area contributed by atoms with Crippen LogP contribution in [0.15, 0.2) is 28.4 Å². The molecule has 0 saturated carbocycles. The van der Waals surface area contributed by atoms with Crippen molar-refractivity contribution in [1.82, 2.24) is 0 Å². The Bertz CT molecular complexity index is 455. The van der Waals surface area contributed by atoms with E-state index in [4.69, 9.17) is 10.6 Å². The average molecular weight is 237 g/mol. The topological polar surface area (TPSA) is 86.1 Å². The summed E-state index contributed by atoms with van der Waals surface area (Å²) in [5, 5.41) is 10.5. The number of nitrogens with zero attached hydrogens (tertiary/aromatic N) is 3. The van der Waals surface area contributed by atoms with Crippen LogP contribution in [0.3, 0.4) is 0 Å². The molecule has 2 atom stereocenters. The molecule has 0 amide bonds. The molecule has 5 nitrogen and oxygen atoms in total. The molecule has 0 aromatic heterocycles. The molecule has 0 saturated heterocycles. The summed E-state index contributed by atoms with van der Waals surface area (Å²) in [6.07, 6.45) is -3.39. The van der Waals surface area contributed by atoms with Gasteiger partial charge in [0.1, 0.15) is 5.83 Å². The van der Waals surface area contributed by atoms with Gasteiger partial charge in [-0.3, -0.25) is 0 Å². The van der Waals surface area contributed by atoms with Crippen LogP contribution in [0, 0.1) is 0 Å². The van der Waals surface area contributed by atoms with Crippen LogP contribution in [-0.2, 0) is 4.79 Å². The van der Waals surface area contributed by atoms with Crippen molar-refractivity contribution in [3.05, 3.63) is 33.7 Å². The highest BCUT2D eigenvalue weighted by molar-refractivity contribution is 5.91. The highest BCUT2D eigenvalue weighted by Crippen LogP contribution is 2.41. The number of azide groups is 1. The monoisotopic (exact) mass is 237 g/mol. The predicted octanol–water partition coefficient (Wildman–Crippen LogP) is 2.48. The van der Waals surface area contributed by atoms with Gasteiger partial charge in [-0.1, -0.05) is 0 Å². The second-order valence-corrected chi connectivity index (χ2v) is 2.78. The van der Waals surface area contributed by atoms with Crippen molar-refractivity contribution in [3.63, 3.8) is 0 Å². The molecule has 16 heavy (non-hydrogen) atoms. The van der Waals surface area contributed by atoms with Crippen molar-refractivity contribution >= 4 is 5.97 Å². The summed E-state index contributed by atoms with van der Waals surface area (Å²) in [7, 11) is 0. The summed E-state index contributed by atoms with van der Waals surface area (Å²) in [4.78, 5) is 12.2. The fraction of sp³-hybridized carbons (Fsp3) is 0.286. The average Bonchev–Trinajstić information content (AvgIpc) is 2.21. The third-order valence-corrected chi connectivity index (χ3v) is 1.84. The Hall–Kier alpha value is -2.02. The first-order chi connectivity index (χ1) is 7.34. The summed E-state index contributed by atoms with van der Waals surface area (Å²) in [5.41, 5.74) is 6.53. The van der Waals surface area contributed by atoms with Gasteiger partial charge in [0.25, 0.3) is 5.79 Å². The Morgan fingerprint density at radius 2 is 2.19 bits per heavy atom. The number of carbonyl (C=O) groups is 1. The van der Waals surface area contributed by atoms with Crippen molar-refractivity contribution < 1.29 is 27.5 Å². The molecule has 86 valence electrons. The molecular formula is C7H3F4N3O2. The standard InChI is InChI=1S/C7H3F4N3O2/c8-3-1-2(6(15)16)4(9)5(10)7(3,11)13-14-12/h1,5H,(H,15,16). The molecule has 0 aromatic rings. The molecule has 1 rings (SSSR count). The minimum absolute atomic E-state index is 0.0670. The Labute approximate surface area is 85.3 Å². The molecular weight excluding hydrogens is 234 g/mol. The van der Waals surface area contributed by atoms with E-state index < -0.39 is 35.2 Å². The number of carboxylic acids is 1. The number of aliphatic carboxylic acids is 1. The van der Waals surface area contributed by atoms with Gasteiger partial charge in [-0.2, -0.15) is 0 Å². The Morgan fingerprint density at radius 1 is 1.62 bits per heavy atom. The molecule has 2 unspecified atom stereocenters. The fourth-order valence-corrected chi connectivity index (χ4v) is 1.05. The zero-order valence-electron chi connectivity index (χ0n) is 7.36. The van der Waals surface area contributed by atoms with Crippen LogP contribution in [0.25, 0.3) is 10.4 Å². The van der Waals surface area contributed by atoms with Crippen molar-refractivity contribution in [2.75, 3.05) is 0 Å². The van der Waals surface area contributed by atoms with Crippen LogP contribution in [0.5, 0.6) is 0 Å². The molecule has 0 aromatic carbocycles. The van der Waals surface area contributed by atoms with E-state index in [2.05, 4.69) is 5.11 Å². The molecule has 0 heterocycles. The van der Waals surface area contributed by atoms with Gasteiger partial charge in [0.2, 0.25) is 0 Å². The van der Waals surface area contributed by atoms with E-state index in [9.17, 15) is 22.4 Å². The van der Waals surface area contributed by atoms with Gasteiger partial charge in [-0.25, -0.2) is 22.4 Å². The highest BCUT2D eigenvalue weighted by Gasteiger charge is 2.51. The van der Waals surface area contributed by atoms with Gasteiger partial charge in [-0.05, 0) is 16.7 Å². The quantitative estimate of drug-likeness (QED) is 0.263. The molecule has 1 aliphatic rings. The molecule has 0 radical (unpaired) electrons. The van der Waals surface area contributed by atoms with Crippen LogP contribution in [0.1, 0.15) is 0 Å². The number of hydrogen-bond acceptors (Lipinski definition) is 2. The maximum Gasteiger partial charge on any atom is 0.338 e. The molecule has 0 aliphatic heterocycles. The van der Waals surface area contributed by atoms with Crippen LogP contribution in [0.2, 0.25) is 0 Å². The van der Waals surface area contributed by atoms with Crippen molar-refractivity contribution in [3.8, 4) is 0 Å². The van der Waals surface area contributed by atoms with Crippen molar-refractivity contribution in [2.24, 2.45) is 5.11 Å². The molecule has 0 fully saturated rings. The first-order valence-corrected chi connectivity index (χ1v) is 3.74. The van der Waals surface area contributed by atoms with E-state index >= 15 is 0 Å². The van der Waals surface area contributed by atoms with E-state index in [0.29, 0.717) is 0 Å². The number of rotatable bonds is 2. The second kappa shape index (κ2) is 3.86. The number of halogens is 4. The van der Waals surface area contributed by atoms with Crippen LogP contribution in [0.4, 0.5) is 17.6 Å². The van der Waals surface area contributed by atoms with Gasteiger partial charge < -0.3 is 5.11 Å². The summed E-state index contributed by atoms with van der Waals surface area (Å²) in [6.45, 7) is 0. The maximum absolute atomic E-state index is 13.3. The normalized spacial score (nSPS) is 29.5. The fourth-order valence-electron chi connectivity index (χ4n) is 1.05. The zero-order valence-corrected chi connectivity index (χ0v) is 7.36. The minimum Gasteiger partial charge on any atom is -0.478 e.